The molecule has 0 amide bonds. The number of halogens is 1. The highest BCUT2D eigenvalue weighted by atomic mass is 79.9. The molecule has 0 spiro atoms. The van der Waals surface area contributed by atoms with Crippen LogP contribution in [0.2, 0.25) is 0 Å². The number of rotatable bonds is 2. The minimum atomic E-state index is -3.59. The maximum Gasteiger partial charge on any atom is 0.250 e. The third-order valence-electron chi connectivity index (χ3n) is 2.47. The molecule has 0 aromatic heterocycles. The lowest BCUT2D eigenvalue weighted by atomic mass is 9.94. The predicted molar refractivity (Wildman–Crippen MR) is 86.2 cm³/mol. The van der Waals surface area contributed by atoms with E-state index in [2.05, 4.69) is 24.7 Å². The summed E-state index contributed by atoms with van der Waals surface area (Å²) in [5.74, 6) is 0. The van der Waals surface area contributed by atoms with Crippen LogP contribution in [0.15, 0.2) is 43.6 Å². The number of nitrogens with zero attached hydrogens (tertiary/aromatic N) is 2. The average Bonchev–Trinajstić information content (AvgIpc) is 2.31. The summed E-state index contributed by atoms with van der Waals surface area (Å²) in [6.45, 7) is 0. The van der Waals surface area contributed by atoms with Crippen LogP contribution in [-0.2, 0) is 20.0 Å². The van der Waals surface area contributed by atoms with Crippen LogP contribution in [0.5, 0.6) is 0 Å². The lowest BCUT2D eigenvalue weighted by molar-refractivity contribution is 0.602. The Kier molecular flexibility index (Phi) is 4.18. The second-order valence-electron chi connectivity index (χ2n) is 4.42. The average molecular weight is 391 g/mol. The van der Waals surface area contributed by atoms with Gasteiger partial charge in [0.2, 0.25) is 0 Å². The molecule has 0 N–H and O–H groups in total. The van der Waals surface area contributed by atoms with Gasteiger partial charge >= 0.3 is 0 Å². The number of benzene rings is 1. The Morgan fingerprint density at radius 1 is 0.905 bits per heavy atom. The van der Waals surface area contributed by atoms with E-state index in [4.69, 9.17) is 0 Å². The van der Waals surface area contributed by atoms with Gasteiger partial charge in [-0.25, -0.2) is 16.8 Å². The molecule has 0 radical (unpaired) electrons. The molecule has 2 rings (SSSR count). The second kappa shape index (κ2) is 5.47. The molecular weight excluding hydrogens is 380 g/mol. The fraction of sp³-hybridized carbons (Fsp3) is 0.167. The van der Waals surface area contributed by atoms with Gasteiger partial charge in [-0.2, -0.15) is 8.80 Å². The molecule has 0 atom stereocenters. The van der Waals surface area contributed by atoms with Gasteiger partial charge in [-0.15, -0.1) is 0 Å². The quantitative estimate of drug-likeness (QED) is 0.763. The fourth-order valence-corrected chi connectivity index (χ4v) is 3.49. The number of allylic oxidation sites excluding steroid dienone is 2. The molecule has 1 aromatic carbocycles. The first kappa shape index (κ1) is 16.1. The van der Waals surface area contributed by atoms with Crippen molar-refractivity contribution in [2.45, 2.75) is 0 Å². The molecule has 1 aliphatic rings. The Labute approximate surface area is 131 Å². The van der Waals surface area contributed by atoms with Gasteiger partial charge in [0.25, 0.3) is 20.0 Å². The molecule has 112 valence electrons. The van der Waals surface area contributed by atoms with Crippen LogP contribution in [-0.4, -0.2) is 40.8 Å². The Bertz CT molecular complexity index is 897. The maximum atomic E-state index is 11.4. The van der Waals surface area contributed by atoms with Gasteiger partial charge in [0.15, 0.2) is 0 Å². The highest BCUT2D eigenvalue weighted by Crippen LogP contribution is 2.26. The summed E-state index contributed by atoms with van der Waals surface area (Å²) in [6.07, 6.45) is 3.42. The van der Waals surface area contributed by atoms with Crippen LogP contribution in [0.3, 0.4) is 0 Å². The van der Waals surface area contributed by atoms with Gasteiger partial charge in [0, 0.05) is 15.6 Å². The summed E-state index contributed by atoms with van der Waals surface area (Å²) in [5, 5.41) is 0. The van der Waals surface area contributed by atoms with Gasteiger partial charge in [-0.3, -0.25) is 0 Å². The highest BCUT2D eigenvalue weighted by Gasteiger charge is 2.23. The van der Waals surface area contributed by atoms with Crippen molar-refractivity contribution in [3.05, 3.63) is 46.0 Å². The lowest BCUT2D eigenvalue weighted by Gasteiger charge is -2.17. The Balaban J connectivity index is 2.79. The first-order valence-electron chi connectivity index (χ1n) is 5.64. The van der Waals surface area contributed by atoms with E-state index < -0.39 is 20.0 Å². The molecule has 1 aromatic rings. The summed E-state index contributed by atoms with van der Waals surface area (Å²) in [7, 11) is -7.17. The zero-order chi connectivity index (χ0) is 15.8. The summed E-state index contributed by atoms with van der Waals surface area (Å²) in [4.78, 5) is 0. The maximum absolute atomic E-state index is 11.4. The molecule has 21 heavy (non-hydrogen) atoms. The summed E-state index contributed by atoms with van der Waals surface area (Å²) in [6, 6.07) is 6.74. The normalized spacial score (nSPS) is 19.5. The molecule has 0 aliphatic heterocycles. The van der Waals surface area contributed by atoms with Gasteiger partial charge in [0.05, 0.1) is 23.9 Å². The summed E-state index contributed by atoms with van der Waals surface area (Å²) < 4.78 is 53.3. The van der Waals surface area contributed by atoms with Crippen molar-refractivity contribution < 1.29 is 16.8 Å². The highest BCUT2D eigenvalue weighted by molar-refractivity contribution is 9.12. The molecule has 0 saturated heterocycles. The molecule has 6 nitrogen and oxygen atoms in total. The van der Waals surface area contributed by atoms with Crippen LogP contribution in [0.4, 0.5) is 0 Å². The second-order valence-corrected chi connectivity index (χ2v) is 8.57. The third-order valence-corrected chi connectivity index (χ3v) is 4.12. The molecular formula is C12H11BrN2O4S2. The van der Waals surface area contributed by atoms with Crippen molar-refractivity contribution in [3.8, 4) is 0 Å². The van der Waals surface area contributed by atoms with Crippen LogP contribution >= 0.6 is 15.9 Å². The van der Waals surface area contributed by atoms with Crippen LogP contribution in [0.1, 0.15) is 11.1 Å². The molecule has 0 heterocycles. The minimum Gasteiger partial charge on any atom is -0.205 e. The molecule has 0 bridgehead atoms. The van der Waals surface area contributed by atoms with Gasteiger partial charge in [0.1, 0.15) is 0 Å². The predicted octanol–water partition coefficient (Wildman–Crippen LogP) is 1.48. The van der Waals surface area contributed by atoms with E-state index in [0.29, 0.717) is 15.6 Å². The van der Waals surface area contributed by atoms with Gasteiger partial charge in [-0.05, 0) is 22.0 Å². The number of fused-ring (bicyclic) bond motifs is 1. The van der Waals surface area contributed by atoms with E-state index in [0.717, 1.165) is 12.5 Å². The van der Waals surface area contributed by atoms with Gasteiger partial charge in [-0.1, -0.05) is 24.3 Å². The Morgan fingerprint density at radius 2 is 1.43 bits per heavy atom. The molecule has 0 fully saturated rings. The number of hydrogen-bond acceptors (Lipinski definition) is 4. The lowest BCUT2D eigenvalue weighted by Crippen LogP contribution is -2.18. The van der Waals surface area contributed by atoms with Crippen molar-refractivity contribution >= 4 is 47.4 Å². The topological polar surface area (TPSA) is 93.0 Å². The summed E-state index contributed by atoms with van der Waals surface area (Å²) >= 11 is 3.22. The standard InChI is InChI=1S/C12H11BrN2O4S2/c1-20(16,17)14-11-7-10(13)12(15-21(2,18)19)9-6-4-3-5-8(9)11/h3-7H,1-2H3/b14-11+,15-12+. The summed E-state index contributed by atoms with van der Waals surface area (Å²) in [5.41, 5.74) is 1.46. The zero-order valence-corrected chi connectivity index (χ0v) is 14.3. The van der Waals surface area contributed by atoms with Crippen molar-refractivity contribution in [2.75, 3.05) is 12.5 Å². The SMILES string of the molecule is CS(=O)(=O)/N=C1C=C(Br)/C(=N/S(C)(=O)=O)c2ccccc2\1. The van der Waals surface area contributed by atoms with Crippen molar-refractivity contribution in [3.63, 3.8) is 0 Å². The number of hydrogen-bond donors (Lipinski definition) is 0. The van der Waals surface area contributed by atoms with Gasteiger partial charge < -0.3 is 0 Å². The Morgan fingerprint density at radius 3 is 1.95 bits per heavy atom. The van der Waals surface area contributed by atoms with Crippen molar-refractivity contribution in [1.82, 2.24) is 0 Å². The Hall–Kier alpha value is -1.32. The van der Waals surface area contributed by atoms with E-state index in [9.17, 15) is 16.8 Å². The van der Waals surface area contributed by atoms with Crippen LogP contribution in [0, 0.1) is 0 Å². The fourth-order valence-electron chi connectivity index (χ4n) is 1.82. The number of sulfonamides is 2. The third kappa shape index (κ3) is 4.08. The first-order chi connectivity index (χ1) is 9.57. The monoisotopic (exact) mass is 390 g/mol. The molecule has 9 heteroatoms. The zero-order valence-electron chi connectivity index (χ0n) is 11.1. The molecule has 0 unspecified atom stereocenters. The van der Waals surface area contributed by atoms with E-state index in [1.807, 2.05) is 0 Å². The van der Waals surface area contributed by atoms with E-state index in [1.54, 1.807) is 24.3 Å². The van der Waals surface area contributed by atoms with Crippen molar-refractivity contribution in [1.29, 1.82) is 0 Å². The van der Waals surface area contributed by atoms with Crippen LogP contribution < -0.4 is 0 Å². The van der Waals surface area contributed by atoms with E-state index in [1.165, 1.54) is 6.08 Å². The minimum absolute atomic E-state index is 0.223. The van der Waals surface area contributed by atoms with Crippen LogP contribution in [0.25, 0.3) is 0 Å². The largest absolute Gasteiger partial charge is 0.250 e. The molecule has 0 saturated carbocycles. The smallest absolute Gasteiger partial charge is 0.205 e. The first-order valence-corrected chi connectivity index (χ1v) is 10.1. The van der Waals surface area contributed by atoms with E-state index >= 15 is 0 Å². The van der Waals surface area contributed by atoms with Crippen molar-refractivity contribution in [2.24, 2.45) is 8.80 Å². The van der Waals surface area contributed by atoms with E-state index in [-0.39, 0.29) is 11.4 Å². The molecule has 1 aliphatic carbocycles.